The van der Waals surface area contributed by atoms with Gasteiger partial charge in [0.15, 0.2) is 5.82 Å². The van der Waals surface area contributed by atoms with Gasteiger partial charge in [-0.1, -0.05) is 32.3 Å². The van der Waals surface area contributed by atoms with Crippen LogP contribution in [0.1, 0.15) is 45.3 Å². The predicted octanol–water partition coefficient (Wildman–Crippen LogP) is 1.61. The molecule has 5 nitrogen and oxygen atoms in total. The van der Waals surface area contributed by atoms with Crippen LogP contribution in [0.15, 0.2) is 4.52 Å². The topological polar surface area (TPSA) is 62.4 Å². The normalized spacial score (nSPS) is 19.2. The SMILES string of the molecule is CCCC1(O)CN(Cc2nc(CC(C)C)no2)C1. The van der Waals surface area contributed by atoms with Crippen LogP contribution in [0.5, 0.6) is 0 Å². The molecule has 2 rings (SSSR count). The lowest BCUT2D eigenvalue weighted by Gasteiger charge is -2.46. The molecule has 0 aliphatic carbocycles. The highest BCUT2D eigenvalue weighted by Gasteiger charge is 2.40. The molecule has 1 N–H and O–H groups in total. The first-order valence-electron chi connectivity index (χ1n) is 6.77. The van der Waals surface area contributed by atoms with Crippen LogP contribution in [0.2, 0.25) is 0 Å². The highest BCUT2D eigenvalue weighted by Crippen LogP contribution is 2.26. The van der Waals surface area contributed by atoms with Crippen molar-refractivity contribution in [3.63, 3.8) is 0 Å². The summed E-state index contributed by atoms with van der Waals surface area (Å²) < 4.78 is 5.22. The smallest absolute Gasteiger partial charge is 0.240 e. The molecule has 1 aliphatic heterocycles. The molecule has 1 aromatic rings. The fraction of sp³-hybridized carbons (Fsp3) is 0.846. The third kappa shape index (κ3) is 3.29. The Bertz CT molecular complexity index is 383. The second kappa shape index (κ2) is 5.36. The molecular weight excluding hydrogens is 230 g/mol. The molecule has 102 valence electrons. The summed E-state index contributed by atoms with van der Waals surface area (Å²) >= 11 is 0. The zero-order valence-corrected chi connectivity index (χ0v) is 11.5. The quantitative estimate of drug-likeness (QED) is 0.834. The van der Waals surface area contributed by atoms with Crippen LogP contribution in [0.4, 0.5) is 0 Å². The van der Waals surface area contributed by atoms with E-state index < -0.39 is 5.60 Å². The number of hydrogen-bond donors (Lipinski definition) is 1. The van der Waals surface area contributed by atoms with E-state index in [-0.39, 0.29) is 0 Å². The molecule has 0 bridgehead atoms. The number of aromatic nitrogens is 2. The first-order valence-corrected chi connectivity index (χ1v) is 6.77. The second-order valence-corrected chi connectivity index (χ2v) is 5.82. The first kappa shape index (κ1) is 13.5. The maximum Gasteiger partial charge on any atom is 0.240 e. The van der Waals surface area contributed by atoms with Gasteiger partial charge in [0.25, 0.3) is 0 Å². The second-order valence-electron chi connectivity index (χ2n) is 5.82. The summed E-state index contributed by atoms with van der Waals surface area (Å²) in [5.41, 5.74) is -0.491. The van der Waals surface area contributed by atoms with E-state index >= 15 is 0 Å². The van der Waals surface area contributed by atoms with Crippen molar-refractivity contribution in [1.82, 2.24) is 15.0 Å². The number of likely N-dealkylation sites (tertiary alicyclic amines) is 1. The molecule has 0 unspecified atom stereocenters. The number of nitrogens with zero attached hydrogens (tertiary/aromatic N) is 3. The lowest BCUT2D eigenvalue weighted by atomic mass is 9.89. The Morgan fingerprint density at radius 2 is 2.17 bits per heavy atom. The van der Waals surface area contributed by atoms with Crippen LogP contribution >= 0.6 is 0 Å². The summed E-state index contributed by atoms with van der Waals surface area (Å²) in [6.07, 6.45) is 2.73. The molecule has 2 heterocycles. The van der Waals surface area contributed by atoms with Gasteiger partial charge < -0.3 is 9.63 Å². The van der Waals surface area contributed by atoms with Gasteiger partial charge >= 0.3 is 0 Å². The summed E-state index contributed by atoms with van der Waals surface area (Å²) in [6, 6.07) is 0. The molecular formula is C13H23N3O2. The van der Waals surface area contributed by atoms with Crippen molar-refractivity contribution in [2.45, 2.75) is 52.2 Å². The average molecular weight is 253 g/mol. The Morgan fingerprint density at radius 3 is 2.78 bits per heavy atom. The van der Waals surface area contributed by atoms with Crippen LogP contribution in [0, 0.1) is 5.92 Å². The number of rotatable bonds is 6. The Kier molecular flexibility index (Phi) is 4.02. The largest absolute Gasteiger partial charge is 0.387 e. The third-order valence-corrected chi connectivity index (χ3v) is 3.21. The van der Waals surface area contributed by atoms with Crippen LogP contribution in [-0.4, -0.2) is 38.8 Å². The molecule has 5 heteroatoms. The summed E-state index contributed by atoms with van der Waals surface area (Å²) in [5.74, 6) is 1.97. The van der Waals surface area contributed by atoms with Gasteiger partial charge in [0.1, 0.15) is 0 Å². The van der Waals surface area contributed by atoms with Crippen LogP contribution in [0.25, 0.3) is 0 Å². The van der Waals surface area contributed by atoms with E-state index in [1.807, 2.05) is 0 Å². The van der Waals surface area contributed by atoms with Gasteiger partial charge in [-0.05, 0) is 12.3 Å². The van der Waals surface area contributed by atoms with E-state index in [0.29, 0.717) is 31.4 Å². The molecule has 1 saturated heterocycles. The fourth-order valence-electron chi connectivity index (χ4n) is 2.52. The standard InChI is InChI=1S/C13H23N3O2/c1-4-5-13(17)8-16(9-13)7-12-14-11(15-18-12)6-10(2)3/h10,17H,4-9H2,1-3H3. The van der Waals surface area contributed by atoms with Crippen molar-refractivity contribution in [3.05, 3.63) is 11.7 Å². The molecule has 0 amide bonds. The Morgan fingerprint density at radius 1 is 1.44 bits per heavy atom. The molecule has 0 saturated carbocycles. The lowest BCUT2D eigenvalue weighted by Crippen LogP contribution is -2.60. The van der Waals surface area contributed by atoms with E-state index in [1.165, 1.54) is 0 Å². The molecule has 0 aromatic carbocycles. The van der Waals surface area contributed by atoms with Gasteiger partial charge in [0.05, 0.1) is 12.1 Å². The number of hydrogen-bond acceptors (Lipinski definition) is 5. The molecule has 1 fully saturated rings. The van der Waals surface area contributed by atoms with E-state index in [0.717, 1.165) is 25.1 Å². The Balaban J connectivity index is 1.80. The minimum atomic E-state index is -0.491. The van der Waals surface area contributed by atoms with Crippen molar-refractivity contribution in [2.75, 3.05) is 13.1 Å². The third-order valence-electron chi connectivity index (χ3n) is 3.21. The van der Waals surface area contributed by atoms with Crippen molar-refractivity contribution in [2.24, 2.45) is 5.92 Å². The van der Waals surface area contributed by atoms with Crippen molar-refractivity contribution >= 4 is 0 Å². The summed E-state index contributed by atoms with van der Waals surface area (Å²) in [5, 5.41) is 14.0. The van der Waals surface area contributed by atoms with Gasteiger partial charge in [-0.3, -0.25) is 4.90 Å². The zero-order valence-electron chi connectivity index (χ0n) is 11.5. The van der Waals surface area contributed by atoms with Gasteiger partial charge in [-0.2, -0.15) is 4.98 Å². The Hall–Kier alpha value is -0.940. The van der Waals surface area contributed by atoms with E-state index in [9.17, 15) is 5.11 Å². The fourth-order valence-corrected chi connectivity index (χ4v) is 2.52. The predicted molar refractivity (Wildman–Crippen MR) is 68.0 cm³/mol. The van der Waals surface area contributed by atoms with Crippen molar-refractivity contribution in [1.29, 1.82) is 0 Å². The average Bonchev–Trinajstić information content (AvgIpc) is 2.62. The summed E-state index contributed by atoms with van der Waals surface area (Å²) in [7, 11) is 0. The minimum Gasteiger partial charge on any atom is -0.387 e. The highest BCUT2D eigenvalue weighted by molar-refractivity contribution is 4.97. The first-order chi connectivity index (χ1) is 8.50. The maximum atomic E-state index is 10.1. The van der Waals surface area contributed by atoms with Crippen molar-refractivity contribution in [3.8, 4) is 0 Å². The monoisotopic (exact) mass is 253 g/mol. The number of aliphatic hydroxyl groups is 1. The van der Waals surface area contributed by atoms with Crippen LogP contribution in [-0.2, 0) is 13.0 Å². The molecule has 0 spiro atoms. The molecule has 18 heavy (non-hydrogen) atoms. The highest BCUT2D eigenvalue weighted by atomic mass is 16.5. The molecule has 0 radical (unpaired) electrons. The van der Waals surface area contributed by atoms with E-state index in [2.05, 4.69) is 35.8 Å². The van der Waals surface area contributed by atoms with Gasteiger partial charge in [0.2, 0.25) is 5.89 Å². The van der Waals surface area contributed by atoms with E-state index in [4.69, 9.17) is 4.52 Å². The zero-order chi connectivity index (χ0) is 13.2. The molecule has 0 atom stereocenters. The molecule has 1 aromatic heterocycles. The summed E-state index contributed by atoms with van der Waals surface area (Å²) in [4.78, 5) is 6.51. The van der Waals surface area contributed by atoms with Crippen molar-refractivity contribution < 1.29 is 9.63 Å². The van der Waals surface area contributed by atoms with Crippen LogP contribution < -0.4 is 0 Å². The minimum absolute atomic E-state index is 0.491. The van der Waals surface area contributed by atoms with E-state index in [1.54, 1.807) is 0 Å². The lowest BCUT2D eigenvalue weighted by molar-refractivity contribution is -0.109. The maximum absolute atomic E-state index is 10.1. The van der Waals surface area contributed by atoms with Gasteiger partial charge in [-0.25, -0.2) is 0 Å². The van der Waals surface area contributed by atoms with Gasteiger partial charge in [0, 0.05) is 19.5 Å². The molecule has 1 aliphatic rings. The van der Waals surface area contributed by atoms with Gasteiger partial charge in [-0.15, -0.1) is 0 Å². The summed E-state index contributed by atoms with van der Waals surface area (Å²) in [6.45, 7) is 8.44. The number of β-amino-alcohol motifs (C(OH)–C–C–N with tert-alkyl or cyclic N) is 1. The van der Waals surface area contributed by atoms with Crippen LogP contribution in [0.3, 0.4) is 0 Å². The Labute approximate surface area is 108 Å².